The fraction of sp³-hybridized carbons (Fsp3) is 0.375. The first-order chi connectivity index (χ1) is 17.4. The number of oxime groups is 1. The molecule has 4 rings (SSSR count). The third-order valence-electron chi connectivity index (χ3n) is 5.70. The number of alkyl halides is 3. The van der Waals surface area contributed by atoms with Gasteiger partial charge in [-0.2, -0.15) is 13.2 Å². The van der Waals surface area contributed by atoms with Gasteiger partial charge in [0, 0.05) is 36.8 Å². The topological polar surface area (TPSA) is 112 Å². The number of carbonyl (C=O) groups excluding carboxylic acids is 2. The van der Waals surface area contributed by atoms with Crippen LogP contribution in [0.4, 0.5) is 13.2 Å². The third kappa shape index (κ3) is 7.42. The van der Waals surface area contributed by atoms with Crippen molar-refractivity contribution in [2.45, 2.75) is 37.6 Å². The first kappa shape index (κ1) is 27.9. The molecular weight excluding hydrogens is 517 g/mol. The fourth-order valence-corrected chi connectivity index (χ4v) is 4.15. The molecule has 0 bridgehead atoms. The highest BCUT2D eigenvalue weighted by atomic mass is 35.5. The summed E-state index contributed by atoms with van der Waals surface area (Å²) in [7, 11) is 1.72. The van der Waals surface area contributed by atoms with Crippen molar-refractivity contribution in [3.63, 3.8) is 0 Å². The summed E-state index contributed by atoms with van der Waals surface area (Å²) in [4.78, 5) is 48.0. The number of rotatable bonds is 4. The number of halogens is 4. The van der Waals surface area contributed by atoms with Gasteiger partial charge >= 0.3 is 12.1 Å². The van der Waals surface area contributed by atoms with Crippen molar-refractivity contribution in [1.29, 1.82) is 0 Å². The van der Waals surface area contributed by atoms with Gasteiger partial charge in [-0.15, -0.1) is 0 Å². The molecule has 9 nitrogen and oxygen atoms in total. The number of carbonyl (C=O) groups is 3. The van der Waals surface area contributed by atoms with E-state index in [1.165, 1.54) is 0 Å². The molecule has 1 fully saturated rings. The lowest BCUT2D eigenvalue weighted by atomic mass is 9.87. The predicted octanol–water partition coefficient (Wildman–Crippen LogP) is 3.78. The lowest BCUT2D eigenvalue weighted by molar-refractivity contribution is -0.192. The maximum Gasteiger partial charge on any atom is 0.490 e. The Kier molecular flexibility index (Phi) is 8.74. The van der Waals surface area contributed by atoms with E-state index in [1.54, 1.807) is 47.3 Å². The summed E-state index contributed by atoms with van der Waals surface area (Å²) in [5.74, 6) is -3.03. The lowest BCUT2D eigenvalue weighted by Crippen LogP contribution is -2.51. The molecule has 1 N–H and O–H groups in total. The molecule has 0 radical (unpaired) electrons. The number of carboxylic acids is 1. The van der Waals surface area contributed by atoms with Gasteiger partial charge in [-0.25, -0.2) is 4.79 Å². The van der Waals surface area contributed by atoms with Gasteiger partial charge in [0.05, 0.1) is 18.8 Å². The molecule has 1 unspecified atom stereocenters. The Balaban J connectivity index is 0.000000479. The zero-order valence-electron chi connectivity index (χ0n) is 19.7. The molecule has 1 spiro atoms. The van der Waals surface area contributed by atoms with Gasteiger partial charge in [0.1, 0.15) is 5.71 Å². The highest BCUT2D eigenvalue weighted by Crippen LogP contribution is 2.34. The van der Waals surface area contributed by atoms with Crippen molar-refractivity contribution in [1.82, 2.24) is 14.8 Å². The summed E-state index contributed by atoms with van der Waals surface area (Å²) < 4.78 is 31.7. The van der Waals surface area contributed by atoms with Crippen molar-refractivity contribution < 1.29 is 37.5 Å². The summed E-state index contributed by atoms with van der Waals surface area (Å²) in [6.45, 7) is 1.42. The number of piperidine rings is 1. The second-order valence-electron chi connectivity index (χ2n) is 8.61. The number of hydrogen-bond donors (Lipinski definition) is 1. The fourth-order valence-electron chi connectivity index (χ4n) is 3.96. The molecule has 2 aliphatic rings. The average molecular weight is 541 g/mol. The van der Waals surface area contributed by atoms with Crippen molar-refractivity contribution in [2.24, 2.45) is 5.16 Å². The van der Waals surface area contributed by atoms with E-state index >= 15 is 0 Å². The molecule has 13 heteroatoms. The van der Waals surface area contributed by atoms with Crippen LogP contribution in [0.15, 0.2) is 53.8 Å². The van der Waals surface area contributed by atoms with Gasteiger partial charge in [0.15, 0.2) is 5.60 Å². The standard InChI is InChI=1S/C22H23ClN4O3.C2HF3O2/c1-26(14-18-8-2-3-10-24-18)21(29)19-13-22(30-25-19)9-5-11-27(15-22)20(28)16-6-4-7-17(23)12-16;3-2(4,5)1(6)7/h2-4,6-8,10,12H,5,9,11,13-15H2,1H3;(H,6,7). The van der Waals surface area contributed by atoms with Crippen LogP contribution in [0, 0.1) is 0 Å². The van der Waals surface area contributed by atoms with E-state index in [2.05, 4.69) is 10.1 Å². The largest absolute Gasteiger partial charge is 0.490 e. The van der Waals surface area contributed by atoms with Crippen molar-refractivity contribution >= 4 is 35.1 Å². The molecule has 1 saturated heterocycles. The molecular formula is C24H24ClF3N4O5. The Bertz CT molecular complexity index is 1180. The lowest BCUT2D eigenvalue weighted by Gasteiger charge is -2.38. The molecule has 1 aromatic heterocycles. The van der Waals surface area contributed by atoms with E-state index in [0.717, 1.165) is 18.5 Å². The minimum Gasteiger partial charge on any atom is -0.475 e. The zero-order valence-corrected chi connectivity index (χ0v) is 20.5. The Morgan fingerprint density at radius 3 is 2.57 bits per heavy atom. The molecule has 2 aliphatic heterocycles. The quantitative estimate of drug-likeness (QED) is 0.631. The Morgan fingerprint density at radius 2 is 1.95 bits per heavy atom. The van der Waals surface area contributed by atoms with E-state index in [1.807, 2.05) is 18.2 Å². The number of amides is 2. The van der Waals surface area contributed by atoms with Gasteiger partial charge in [-0.3, -0.25) is 14.6 Å². The second-order valence-corrected chi connectivity index (χ2v) is 9.05. The van der Waals surface area contributed by atoms with Gasteiger partial charge < -0.3 is 19.7 Å². The minimum atomic E-state index is -5.08. The number of carboxylic acid groups (broad SMARTS) is 1. The Morgan fingerprint density at radius 1 is 1.22 bits per heavy atom. The number of hydrogen-bond acceptors (Lipinski definition) is 6. The number of nitrogens with zero attached hydrogens (tertiary/aromatic N) is 4. The number of aliphatic carboxylic acids is 1. The van der Waals surface area contributed by atoms with Gasteiger partial charge in [-0.1, -0.05) is 28.9 Å². The third-order valence-corrected chi connectivity index (χ3v) is 5.93. The highest BCUT2D eigenvalue weighted by Gasteiger charge is 2.46. The number of pyridine rings is 1. The van der Waals surface area contributed by atoms with Crippen LogP contribution in [0.3, 0.4) is 0 Å². The predicted molar refractivity (Wildman–Crippen MR) is 127 cm³/mol. The summed E-state index contributed by atoms with van der Waals surface area (Å²) in [5, 5.41) is 11.8. The van der Waals surface area contributed by atoms with Crippen LogP contribution < -0.4 is 0 Å². The first-order valence-corrected chi connectivity index (χ1v) is 11.5. The summed E-state index contributed by atoms with van der Waals surface area (Å²) in [6, 6.07) is 12.5. The van der Waals surface area contributed by atoms with Crippen LogP contribution in [0.5, 0.6) is 0 Å². The molecule has 3 heterocycles. The number of benzene rings is 1. The van der Waals surface area contributed by atoms with Gasteiger partial charge in [0.25, 0.3) is 11.8 Å². The Hall–Kier alpha value is -3.67. The van der Waals surface area contributed by atoms with Crippen LogP contribution in [0.25, 0.3) is 0 Å². The maximum atomic E-state index is 12.9. The van der Waals surface area contributed by atoms with Crippen molar-refractivity contribution in [3.05, 3.63) is 64.9 Å². The molecule has 0 saturated carbocycles. The SMILES string of the molecule is CN(Cc1ccccn1)C(=O)C1=NOC2(CCCN(C(=O)c3cccc(Cl)c3)C2)C1.O=C(O)C(F)(F)F. The Labute approximate surface area is 215 Å². The van der Waals surface area contributed by atoms with Gasteiger partial charge in [0.2, 0.25) is 0 Å². The second kappa shape index (κ2) is 11.6. The summed E-state index contributed by atoms with van der Waals surface area (Å²) in [6.07, 6.45) is -1.46. The monoisotopic (exact) mass is 540 g/mol. The van der Waals surface area contributed by atoms with Crippen molar-refractivity contribution in [2.75, 3.05) is 20.1 Å². The van der Waals surface area contributed by atoms with Gasteiger partial charge in [-0.05, 0) is 43.2 Å². The summed E-state index contributed by atoms with van der Waals surface area (Å²) in [5.41, 5.74) is 1.08. The number of likely N-dealkylation sites (tertiary alicyclic amines) is 1. The molecule has 1 atom stereocenters. The van der Waals surface area contributed by atoms with E-state index in [-0.39, 0.29) is 11.8 Å². The van der Waals surface area contributed by atoms with E-state index in [9.17, 15) is 22.8 Å². The molecule has 0 aliphatic carbocycles. The van der Waals surface area contributed by atoms with Crippen molar-refractivity contribution in [3.8, 4) is 0 Å². The van der Waals surface area contributed by atoms with Crippen LogP contribution in [-0.2, 0) is 21.0 Å². The normalized spacial score (nSPS) is 18.8. The maximum absolute atomic E-state index is 12.9. The van der Waals surface area contributed by atoms with Crippen LogP contribution in [-0.4, -0.2) is 75.3 Å². The highest BCUT2D eigenvalue weighted by molar-refractivity contribution is 6.39. The minimum absolute atomic E-state index is 0.0905. The summed E-state index contributed by atoms with van der Waals surface area (Å²) >= 11 is 6.03. The van der Waals surface area contributed by atoms with Crippen LogP contribution >= 0.6 is 11.6 Å². The van der Waals surface area contributed by atoms with Crippen LogP contribution in [0.1, 0.15) is 35.3 Å². The van der Waals surface area contributed by atoms with E-state index in [0.29, 0.717) is 42.4 Å². The smallest absolute Gasteiger partial charge is 0.475 e. The molecule has 37 heavy (non-hydrogen) atoms. The molecule has 2 aromatic rings. The zero-order chi connectivity index (χ0) is 27.2. The van der Waals surface area contributed by atoms with E-state index in [4.69, 9.17) is 26.3 Å². The molecule has 2 amide bonds. The van der Waals surface area contributed by atoms with E-state index < -0.39 is 17.7 Å². The van der Waals surface area contributed by atoms with Crippen LogP contribution in [0.2, 0.25) is 5.02 Å². The molecule has 198 valence electrons. The average Bonchev–Trinajstić information content (AvgIpc) is 3.26. The first-order valence-electron chi connectivity index (χ1n) is 11.2. The number of aromatic nitrogens is 1. The molecule has 1 aromatic carbocycles.